The van der Waals surface area contributed by atoms with E-state index in [4.69, 9.17) is 10.5 Å². The molecular weight excluding hydrogens is 240 g/mol. The van der Waals surface area contributed by atoms with E-state index in [1.807, 2.05) is 38.2 Å². The second-order valence-corrected chi connectivity index (χ2v) is 5.30. The van der Waals surface area contributed by atoms with Gasteiger partial charge in [-0.25, -0.2) is 0 Å². The summed E-state index contributed by atoms with van der Waals surface area (Å²) >= 11 is 0. The van der Waals surface area contributed by atoms with Gasteiger partial charge in [-0.1, -0.05) is 12.1 Å². The fraction of sp³-hybridized carbons (Fsp3) is 0.533. The molecule has 0 spiro atoms. The third kappa shape index (κ3) is 2.80. The van der Waals surface area contributed by atoms with Crippen LogP contribution in [-0.4, -0.2) is 32.7 Å². The highest BCUT2D eigenvalue weighted by Crippen LogP contribution is 2.32. The van der Waals surface area contributed by atoms with Crippen LogP contribution in [0, 0.1) is 12.3 Å². The van der Waals surface area contributed by atoms with Crippen molar-refractivity contribution in [3.8, 4) is 0 Å². The fourth-order valence-electron chi connectivity index (χ4n) is 2.58. The summed E-state index contributed by atoms with van der Waals surface area (Å²) < 4.78 is 5.36. The van der Waals surface area contributed by atoms with Crippen molar-refractivity contribution in [3.63, 3.8) is 0 Å². The lowest BCUT2D eigenvalue weighted by Crippen LogP contribution is -2.49. The van der Waals surface area contributed by atoms with E-state index < -0.39 is 5.41 Å². The first kappa shape index (κ1) is 14.0. The highest BCUT2D eigenvalue weighted by molar-refractivity contribution is 5.97. The number of benzene rings is 1. The number of aryl methyl sites for hydroxylation is 1. The third-order valence-corrected chi connectivity index (χ3v) is 3.99. The van der Waals surface area contributed by atoms with Gasteiger partial charge in [0.05, 0.1) is 5.41 Å². The van der Waals surface area contributed by atoms with Crippen molar-refractivity contribution in [1.82, 2.24) is 0 Å². The highest BCUT2D eigenvalue weighted by atomic mass is 16.5. The maximum Gasteiger partial charge on any atom is 0.234 e. The van der Waals surface area contributed by atoms with Crippen molar-refractivity contribution in [2.45, 2.75) is 19.8 Å². The van der Waals surface area contributed by atoms with Crippen LogP contribution < -0.4 is 10.6 Å². The van der Waals surface area contributed by atoms with Crippen LogP contribution in [0.3, 0.4) is 0 Å². The molecule has 0 radical (unpaired) electrons. The molecule has 1 heterocycles. The number of carbonyl (C=O) groups excluding carboxylic acids is 1. The van der Waals surface area contributed by atoms with Crippen molar-refractivity contribution in [3.05, 3.63) is 29.8 Å². The van der Waals surface area contributed by atoms with Gasteiger partial charge in [-0.3, -0.25) is 4.79 Å². The fourth-order valence-corrected chi connectivity index (χ4v) is 2.58. The molecule has 0 aromatic heterocycles. The molecule has 1 fully saturated rings. The lowest BCUT2D eigenvalue weighted by atomic mass is 9.79. The summed E-state index contributed by atoms with van der Waals surface area (Å²) in [4.78, 5) is 14.5. The Hall–Kier alpha value is -1.39. The van der Waals surface area contributed by atoms with E-state index in [0.717, 1.165) is 11.3 Å². The maximum absolute atomic E-state index is 12.8. The van der Waals surface area contributed by atoms with Crippen LogP contribution in [0.1, 0.15) is 18.4 Å². The summed E-state index contributed by atoms with van der Waals surface area (Å²) in [5, 5.41) is 0. The van der Waals surface area contributed by atoms with Crippen molar-refractivity contribution in [2.24, 2.45) is 11.1 Å². The maximum atomic E-state index is 12.8. The third-order valence-electron chi connectivity index (χ3n) is 3.99. The molecule has 1 aromatic rings. The normalized spacial score (nSPS) is 18.1. The van der Waals surface area contributed by atoms with Gasteiger partial charge >= 0.3 is 0 Å². The predicted molar refractivity (Wildman–Crippen MR) is 76.1 cm³/mol. The molecule has 0 aliphatic carbocycles. The van der Waals surface area contributed by atoms with E-state index in [2.05, 4.69) is 0 Å². The number of nitrogens with two attached hydrogens (primary N) is 1. The Morgan fingerprint density at radius 2 is 2.11 bits per heavy atom. The SMILES string of the molecule is Cc1cccc(N(C)C(=O)C2(CN)CCOCC2)c1. The molecule has 0 atom stereocenters. The van der Waals surface area contributed by atoms with E-state index in [9.17, 15) is 4.79 Å². The van der Waals surface area contributed by atoms with Crippen LogP contribution in [0.4, 0.5) is 5.69 Å². The van der Waals surface area contributed by atoms with Crippen molar-refractivity contribution < 1.29 is 9.53 Å². The zero-order valence-corrected chi connectivity index (χ0v) is 11.7. The number of ether oxygens (including phenoxy) is 1. The molecule has 1 saturated heterocycles. The molecule has 2 N–H and O–H groups in total. The minimum absolute atomic E-state index is 0.101. The smallest absolute Gasteiger partial charge is 0.234 e. The molecule has 4 nitrogen and oxygen atoms in total. The number of carbonyl (C=O) groups is 1. The lowest BCUT2D eigenvalue weighted by Gasteiger charge is -2.37. The molecular formula is C15H22N2O2. The molecule has 4 heteroatoms. The molecule has 104 valence electrons. The summed E-state index contributed by atoms with van der Waals surface area (Å²) in [6.07, 6.45) is 1.41. The summed E-state index contributed by atoms with van der Waals surface area (Å²) in [7, 11) is 1.82. The van der Waals surface area contributed by atoms with Crippen LogP contribution in [0.15, 0.2) is 24.3 Å². The van der Waals surface area contributed by atoms with E-state index >= 15 is 0 Å². The first-order chi connectivity index (χ1) is 9.09. The van der Waals surface area contributed by atoms with Crippen LogP contribution in [-0.2, 0) is 9.53 Å². The summed E-state index contributed by atoms with van der Waals surface area (Å²) in [6.45, 7) is 3.63. The Kier molecular flexibility index (Phi) is 4.22. The van der Waals surface area contributed by atoms with Crippen LogP contribution >= 0.6 is 0 Å². The van der Waals surface area contributed by atoms with Crippen LogP contribution in [0.2, 0.25) is 0 Å². The summed E-state index contributed by atoms with van der Waals surface area (Å²) in [6, 6.07) is 7.96. The lowest BCUT2D eigenvalue weighted by molar-refractivity contribution is -0.132. The Labute approximate surface area is 114 Å². The molecule has 2 rings (SSSR count). The number of hydrogen-bond acceptors (Lipinski definition) is 3. The molecule has 19 heavy (non-hydrogen) atoms. The monoisotopic (exact) mass is 262 g/mol. The van der Waals surface area contributed by atoms with Gasteiger partial charge in [0.2, 0.25) is 5.91 Å². The Bertz CT molecular complexity index is 453. The number of amides is 1. The minimum atomic E-state index is -0.462. The minimum Gasteiger partial charge on any atom is -0.381 e. The van der Waals surface area contributed by atoms with E-state index in [1.54, 1.807) is 4.90 Å². The molecule has 1 aromatic carbocycles. The van der Waals surface area contributed by atoms with Crippen molar-refractivity contribution in [2.75, 3.05) is 31.7 Å². The quantitative estimate of drug-likeness (QED) is 0.902. The Balaban J connectivity index is 2.22. The Morgan fingerprint density at radius 3 is 2.68 bits per heavy atom. The first-order valence-electron chi connectivity index (χ1n) is 6.72. The van der Waals surface area contributed by atoms with Gasteiger partial charge in [-0.2, -0.15) is 0 Å². The first-order valence-corrected chi connectivity index (χ1v) is 6.72. The van der Waals surface area contributed by atoms with E-state index in [-0.39, 0.29) is 5.91 Å². The molecule has 1 amide bonds. The molecule has 0 saturated carbocycles. The second kappa shape index (κ2) is 5.72. The van der Waals surface area contributed by atoms with Crippen LogP contribution in [0.25, 0.3) is 0 Å². The van der Waals surface area contributed by atoms with E-state index in [0.29, 0.717) is 32.6 Å². The predicted octanol–water partition coefficient (Wildman–Crippen LogP) is 1.71. The number of hydrogen-bond donors (Lipinski definition) is 1. The van der Waals surface area contributed by atoms with Gasteiger partial charge in [0.25, 0.3) is 0 Å². The van der Waals surface area contributed by atoms with Gasteiger partial charge in [0.15, 0.2) is 0 Å². The molecule has 0 bridgehead atoms. The van der Waals surface area contributed by atoms with Crippen molar-refractivity contribution in [1.29, 1.82) is 0 Å². The Morgan fingerprint density at radius 1 is 1.42 bits per heavy atom. The molecule has 1 aliphatic rings. The van der Waals surface area contributed by atoms with Gasteiger partial charge in [-0.15, -0.1) is 0 Å². The summed E-state index contributed by atoms with van der Waals surface area (Å²) in [5.74, 6) is 0.101. The van der Waals surface area contributed by atoms with Gasteiger partial charge in [0.1, 0.15) is 0 Å². The number of anilines is 1. The molecule has 0 unspecified atom stereocenters. The zero-order valence-electron chi connectivity index (χ0n) is 11.7. The topological polar surface area (TPSA) is 55.6 Å². The standard InChI is InChI=1S/C15H22N2O2/c1-12-4-3-5-13(10-12)17(2)14(18)15(11-16)6-8-19-9-7-15/h3-5,10H,6-9,11,16H2,1-2H3. The molecule has 1 aliphatic heterocycles. The number of rotatable bonds is 3. The second-order valence-electron chi connectivity index (χ2n) is 5.30. The average molecular weight is 262 g/mol. The van der Waals surface area contributed by atoms with Crippen molar-refractivity contribution >= 4 is 11.6 Å². The van der Waals surface area contributed by atoms with Crippen LogP contribution in [0.5, 0.6) is 0 Å². The summed E-state index contributed by atoms with van der Waals surface area (Å²) in [5.41, 5.74) is 7.49. The van der Waals surface area contributed by atoms with Gasteiger partial charge in [-0.05, 0) is 37.5 Å². The largest absolute Gasteiger partial charge is 0.381 e. The highest BCUT2D eigenvalue weighted by Gasteiger charge is 2.40. The average Bonchev–Trinajstić information content (AvgIpc) is 2.46. The zero-order chi connectivity index (χ0) is 13.9. The van der Waals surface area contributed by atoms with Gasteiger partial charge in [0, 0.05) is 32.5 Å². The number of nitrogens with zero attached hydrogens (tertiary/aromatic N) is 1. The van der Waals surface area contributed by atoms with Gasteiger partial charge < -0.3 is 15.4 Å². The van der Waals surface area contributed by atoms with E-state index in [1.165, 1.54) is 0 Å².